The molecule has 0 aliphatic carbocycles. The third kappa shape index (κ3) is 6.91. The number of hydrogen-bond donors (Lipinski definition) is 1. The van der Waals surface area contributed by atoms with Crippen molar-refractivity contribution in [1.29, 1.82) is 0 Å². The Bertz CT molecular complexity index is 155. The number of nitrogens with zero attached hydrogens (tertiary/aromatic N) is 1. The van der Waals surface area contributed by atoms with E-state index in [4.69, 9.17) is 0 Å². The Morgan fingerprint density at radius 3 is 2.20 bits per heavy atom. The Kier molecular flexibility index (Phi) is 7.20. The molecule has 0 fully saturated rings. The monoisotopic (exact) mass is 215 g/mol. The summed E-state index contributed by atoms with van der Waals surface area (Å²) in [5.41, 5.74) is 0.0243. The first-order chi connectivity index (χ1) is 6.93. The van der Waals surface area contributed by atoms with Crippen LogP contribution in [0.4, 0.5) is 0 Å². The van der Waals surface area contributed by atoms with Crippen molar-refractivity contribution in [2.24, 2.45) is 5.41 Å². The molecule has 0 spiro atoms. The fourth-order valence-electron chi connectivity index (χ4n) is 1.68. The zero-order chi connectivity index (χ0) is 11.9. The second-order valence-electron chi connectivity index (χ2n) is 5.59. The van der Waals surface area contributed by atoms with Crippen molar-refractivity contribution in [3.05, 3.63) is 0 Å². The lowest BCUT2D eigenvalue weighted by atomic mass is 9.93. The fourth-order valence-corrected chi connectivity index (χ4v) is 1.68. The maximum Gasteiger partial charge on any atom is 0.0494 e. The quantitative estimate of drug-likeness (QED) is 0.629. The van der Waals surface area contributed by atoms with Crippen LogP contribution in [0, 0.1) is 5.41 Å². The Hall–Kier alpha value is -0.0800. The number of hydrogen-bond acceptors (Lipinski definition) is 2. The maximum absolute atomic E-state index is 9.27. The zero-order valence-electron chi connectivity index (χ0n) is 11.2. The Morgan fingerprint density at radius 2 is 1.80 bits per heavy atom. The Labute approximate surface area is 95.7 Å². The van der Waals surface area contributed by atoms with Gasteiger partial charge in [-0.2, -0.15) is 0 Å². The second-order valence-corrected chi connectivity index (χ2v) is 5.59. The van der Waals surface area contributed by atoms with Gasteiger partial charge in [0.25, 0.3) is 0 Å². The Balaban J connectivity index is 4.04. The van der Waals surface area contributed by atoms with E-state index in [0.717, 1.165) is 13.1 Å². The van der Waals surface area contributed by atoms with E-state index < -0.39 is 0 Å². The summed E-state index contributed by atoms with van der Waals surface area (Å²) < 4.78 is 0. The minimum Gasteiger partial charge on any atom is -0.396 e. The molecule has 0 atom stereocenters. The van der Waals surface area contributed by atoms with Crippen LogP contribution in [0.3, 0.4) is 0 Å². The van der Waals surface area contributed by atoms with Gasteiger partial charge in [-0.05, 0) is 26.8 Å². The van der Waals surface area contributed by atoms with Crippen LogP contribution in [-0.2, 0) is 0 Å². The molecular formula is C13H29NO. The first kappa shape index (κ1) is 14.9. The van der Waals surface area contributed by atoms with Crippen LogP contribution in [0.1, 0.15) is 53.9 Å². The normalized spacial score (nSPS) is 12.8. The lowest BCUT2D eigenvalue weighted by molar-refractivity contribution is 0.0856. The highest BCUT2D eigenvalue weighted by molar-refractivity contribution is 4.75. The summed E-state index contributed by atoms with van der Waals surface area (Å²) in [4.78, 5) is 2.48. The van der Waals surface area contributed by atoms with E-state index in [1.54, 1.807) is 0 Å². The number of unbranched alkanes of at least 4 members (excludes halogenated alkanes) is 2. The van der Waals surface area contributed by atoms with Gasteiger partial charge in [-0.25, -0.2) is 0 Å². The summed E-state index contributed by atoms with van der Waals surface area (Å²) in [6.45, 7) is 13.4. The van der Waals surface area contributed by atoms with Crippen LogP contribution in [0.5, 0.6) is 0 Å². The van der Waals surface area contributed by atoms with Crippen molar-refractivity contribution >= 4 is 0 Å². The van der Waals surface area contributed by atoms with Crippen molar-refractivity contribution in [3.8, 4) is 0 Å². The van der Waals surface area contributed by atoms with Gasteiger partial charge in [0, 0.05) is 24.6 Å². The smallest absolute Gasteiger partial charge is 0.0494 e. The second kappa shape index (κ2) is 7.24. The van der Waals surface area contributed by atoms with Gasteiger partial charge in [0.2, 0.25) is 0 Å². The highest BCUT2D eigenvalue weighted by atomic mass is 16.3. The fraction of sp³-hybridized carbons (Fsp3) is 1.00. The minimum atomic E-state index is 0.0243. The highest BCUT2D eigenvalue weighted by Gasteiger charge is 2.22. The van der Waals surface area contributed by atoms with Crippen LogP contribution in [0.25, 0.3) is 0 Å². The largest absolute Gasteiger partial charge is 0.396 e. The van der Waals surface area contributed by atoms with Gasteiger partial charge in [0.05, 0.1) is 0 Å². The summed E-state index contributed by atoms with van der Waals surface area (Å²) in [6, 6.07) is 0.577. The van der Waals surface area contributed by atoms with Gasteiger partial charge in [-0.1, -0.05) is 33.6 Å². The Morgan fingerprint density at radius 1 is 1.20 bits per heavy atom. The van der Waals surface area contributed by atoms with E-state index in [0.29, 0.717) is 6.04 Å². The molecule has 0 saturated heterocycles. The van der Waals surface area contributed by atoms with E-state index in [9.17, 15) is 5.11 Å². The molecule has 1 N–H and O–H groups in total. The first-order valence-corrected chi connectivity index (χ1v) is 6.28. The average Bonchev–Trinajstić information content (AvgIpc) is 2.16. The lowest BCUT2D eigenvalue weighted by Gasteiger charge is -2.34. The SMILES string of the molecule is CCCCCN(CC(C)(C)CO)C(C)C. The number of aliphatic hydroxyl groups excluding tert-OH is 1. The van der Waals surface area contributed by atoms with Crippen LogP contribution in [-0.4, -0.2) is 35.7 Å². The van der Waals surface area contributed by atoms with Crippen LogP contribution >= 0.6 is 0 Å². The predicted molar refractivity (Wildman–Crippen MR) is 67.1 cm³/mol. The van der Waals surface area contributed by atoms with Gasteiger partial charge in [-0.15, -0.1) is 0 Å². The third-order valence-corrected chi connectivity index (χ3v) is 2.84. The van der Waals surface area contributed by atoms with Crippen molar-refractivity contribution in [2.75, 3.05) is 19.7 Å². The van der Waals surface area contributed by atoms with Gasteiger partial charge in [-0.3, -0.25) is 0 Å². The van der Waals surface area contributed by atoms with Crippen molar-refractivity contribution in [3.63, 3.8) is 0 Å². The molecule has 0 aliphatic rings. The molecule has 0 radical (unpaired) electrons. The molecule has 0 aliphatic heterocycles. The van der Waals surface area contributed by atoms with Crippen molar-refractivity contribution in [1.82, 2.24) is 4.90 Å². The summed E-state index contributed by atoms with van der Waals surface area (Å²) in [5, 5.41) is 9.27. The third-order valence-electron chi connectivity index (χ3n) is 2.84. The first-order valence-electron chi connectivity index (χ1n) is 6.28. The van der Waals surface area contributed by atoms with E-state index >= 15 is 0 Å². The molecule has 0 aromatic carbocycles. The molecule has 0 aromatic heterocycles. The predicted octanol–water partition coefficient (Wildman–Crippen LogP) is 2.91. The summed E-state index contributed by atoms with van der Waals surface area (Å²) >= 11 is 0. The summed E-state index contributed by atoms with van der Waals surface area (Å²) in [7, 11) is 0. The average molecular weight is 215 g/mol. The molecule has 0 saturated carbocycles. The molecule has 0 bridgehead atoms. The van der Waals surface area contributed by atoms with Crippen molar-refractivity contribution < 1.29 is 5.11 Å². The van der Waals surface area contributed by atoms with Crippen LogP contribution in [0.15, 0.2) is 0 Å². The standard InChI is InChI=1S/C13H29NO/c1-6-7-8-9-14(12(2)3)10-13(4,5)11-15/h12,15H,6-11H2,1-5H3. The minimum absolute atomic E-state index is 0.0243. The van der Waals surface area contributed by atoms with E-state index in [1.165, 1.54) is 19.3 Å². The molecule has 2 heteroatoms. The molecule has 0 amide bonds. The van der Waals surface area contributed by atoms with Crippen LogP contribution in [0.2, 0.25) is 0 Å². The molecule has 2 nitrogen and oxygen atoms in total. The van der Waals surface area contributed by atoms with Gasteiger partial charge < -0.3 is 10.0 Å². The van der Waals surface area contributed by atoms with Gasteiger partial charge >= 0.3 is 0 Å². The lowest BCUT2D eigenvalue weighted by Crippen LogP contribution is -2.41. The van der Waals surface area contributed by atoms with E-state index in [2.05, 4.69) is 39.5 Å². The number of rotatable bonds is 8. The molecule has 0 heterocycles. The number of aliphatic hydroxyl groups is 1. The maximum atomic E-state index is 9.27. The van der Waals surface area contributed by atoms with Gasteiger partial charge in [0.15, 0.2) is 0 Å². The topological polar surface area (TPSA) is 23.5 Å². The zero-order valence-corrected chi connectivity index (χ0v) is 11.2. The summed E-state index contributed by atoms with van der Waals surface area (Å²) in [5.74, 6) is 0. The van der Waals surface area contributed by atoms with E-state index in [1.807, 2.05) is 0 Å². The van der Waals surface area contributed by atoms with Crippen molar-refractivity contribution in [2.45, 2.75) is 59.9 Å². The molecular weight excluding hydrogens is 186 g/mol. The molecule has 0 aromatic rings. The molecule has 15 heavy (non-hydrogen) atoms. The van der Waals surface area contributed by atoms with Crippen LogP contribution < -0.4 is 0 Å². The van der Waals surface area contributed by atoms with Gasteiger partial charge in [0.1, 0.15) is 0 Å². The van der Waals surface area contributed by atoms with E-state index in [-0.39, 0.29) is 12.0 Å². The molecule has 92 valence electrons. The highest BCUT2D eigenvalue weighted by Crippen LogP contribution is 2.18. The molecule has 0 rings (SSSR count). The summed E-state index contributed by atoms with van der Waals surface area (Å²) in [6.07, 6.45) is 3.86. The molecule has 0 unspecified atom stereocenters.